The van der Waals surface area contributed by atoms with Crippen LogP contribution in [0.4, 0.5) is 5.82 Å². The van der Waals surface area contributed by atoms with Crippen molar-refractivity contribution in [3.8, 4) is 0 Å². The molecule has 1 heterocycles. The van der Waals surface area contributed by atoms with Gasteiger partial charge in [0.2, 0.25) is 0 Å². The van der Waals surface area contributed by atoms with Crippen LogP contribution in [0.3, 0.4) is 0 Å². The molecule has 1 aromatic heterocycles. The summed E-state index contributed by atoms with van der Waals surface area (Å²) in [6.45, 7) is 3.95. The van der Waals surface area contributed by atoms with E-state index in [0.717, 1.165) is 0 Å². The molecule has 1 rings (SSSR count). The van der Waals surface area contributed by atoms with E-state index in [0.29, 0.717) is 22.5 Å². The van der Waals surface area contributed by atoms with Crippen LogP contribution in [-0.4, -0.2) is 22.6 Å². The number of nitrogens with zero attached hydrogens (tertiary/aromatic N) is 1. The van der Waals surface area contributed by atoms with Crippen molar-refractivity contribution in [1.82, 2.24) is 15.5 Å². The first-order valence-corrected chi connectivity index (χ1v) is 4.31. The molecule has 1 aromatic rings. The molecule has 0 aromatic carbocycles. The molecule has 0 spiro atoms. The molecule has 1 amide bonds. The lowest BCUT2D eigenvalue weighted by atomic mass is 10.4. The molecule has 0 aliphatic carbocycles. The number of amides is 1. The van der Waals surface area contributed by atoms with Gasteiger partial charge in [0.05, 0.1) is 0 Å². The fraction of sp³-hybridized carbons (Fsp3) is 0.143. The molecular weight excluding hydrogens is 236 g/mol. The van der Waals surface area contributed by atoms with Crippen LogP contribution in [-0.2, 0) is 0 Å². The summed E-state index contributed by atoms with van der Waals surface area (Å²) in [5, 5.41) is 8.72. The van der Waals surface area contributed by atoms with E-state index in [1.54, 1.807) is 0 Å². The number of hydrogen-bond donors (Lipinski definition) is 3. The third kappa shape index (κ3) is 2.90. The molecule has 0 radical (unpaired) electrons. The number of halogens is 1. The number of H-pyrrole nitrogens is 1. The highest BCUT2D eigenvalue weighted by atomic mass is 79.9. The number of hydrogen-bond acceptors (Lipinski definition) is 3. The van der Waals surface area contributed by atoms with Crippen LogP contribution in [0, 0.1) is 0 Å². The summed E-state index contributed by atoms with van der Waals surface area (Å²) in [6.07, 6.45) is 0. The number of aromatic amines is 1. The quantitative estimate of drug-likeness (QED) is 0.730. The Bertz CT molecular complexity index is 333. The third-order valence-corrected chi connectivity index (χ3v) is 1.56. The van der Waals surface area contributed by atoms with E-state index in [1.807, 2.05) is 0 Å². The highest BCUT2D eigenvalue weighted by molar-refractivity contribution is 9.11. The van der Waals surface area contributed by atoms with E-state index < -0.39 is 0 Å². The molecule has 0 saturated heterocycles. The lowest BCUT2D eigenvalue weighted by molar-refractivity contribution is 0.0953. The average molecular weight is 245 g/mol. The number of carbonyl (C=O) groups excluding carboxylic acids is 1. The fourth-order valence-electron chi connectivity index (χ4n) is 0.725. The van der Waals surface area contributed by atoms with Gasteiger partial charge in [-0.25, -0.2) is 0 Å². The topological polar surface area (TPSA) is 83.8 Å². The summed E-state index contributed by atoms with van der Waals surface area (Å²) in [7, 11) is 0. The van der Waals surface area contributed by atoms with Crippen LogP contribution in [0.2, 0.25) is 0 Å². The van der Waals surface area contributed by atoms with E-state index >= 15 is 0 Å². The number of nitrogen functional groups attached to an aromatic ring is 1. The summed E-state index contributed by atoms with van der Waals surface area (Å²) < 4.78 is 0.702. The average Bonchev–Trinajstić information content (AvgIpc) is 2.47. The minimum Gasteiger partial charge on any atom is -0.382 e. The second kappa shape index (κ2) is 4.08. The molecule has 0 bridgehead atoms. The van der Waals surface area contributed by atoms with Crippen LogP contribution in [0.25, 0.3) is 0 Å². The van der Waals surface area contributed by atoms with E-state index in [2.05, 4.69) is 38.0 Å². The summed E-state index contributed by atoms with van der Waals surface area (Å²) in [6, 6.07) is 1.46. The molecule has 0 saturated carbocycles. The molecule has 4 N–H and O–H groups in total. The van der Waals surface area contributed by atoms with Crippen LogP contribution in [0.15, 0.2) is 17.1 Å². The number of nitrogens with two attached hydrogens (primary N) is 1. The standard InChI is InChI=1S/C7H9BrN4O/c1-4(8)3-10-7(13)5-2-6(9)12-11-5/h2H,1,3H2,(H,10,13)(H3,9,11,12). The van der Waals surface area contributed by atoms with Crippen molar-refractivity contribution < 1.29 is 4.79 Å². The highest BCUT2D eigenvalue weighted by Crippen LogP contribution is 2.01. The second-order valence-corrected chi connectivity index (χ2v) is 3.53. The van der Waals surface area contributed by atoms with Gasteiger partial charge in [0.25, 0.3) is 5.91 Å². The summed E-state index contributed by atoms with van der Waals surface area (Å²) in [5.41, 5.74) is 5.66. The van der Waals surface area contributed by atoms with Gasteiger partial charge in [-0.15, -0.1) is 0 Å². The lowest BCUT2D eigenvalue weighted by Gasteiger charge is -1.99. The normalized spacial score (nSPS) is 9.62. The van der Waals surface area contributed by atoms with Gasteiger partial charge in [0.15, 0.2) is 0 Å². The zero-order valence-corrected chi connectivity index (χ0v) is 8.39. The first-order chi connectivity index (χ1) is 6.09. The lowest BCUT2D eigenvalue weighted by Crippen LogP contribution is -2.24. The number of aromatic nitrogens is 2. The molecule has 13 heavy (non-hydrogen) atoms. The maximum Gasteiger partial charge on any atom is 0.269 e. The minimum absolute atomic E-state index is 0.259. The Morgan fingerprint density at radius 1 is 1.85 bits per heavy atom. The Hall–Kier alpha value is -1.30. The van der Waals surface area contributed by atoms with Crippen molar-refractivity contribution in [3.05, 3.63) is 22.8 Å². The first kappa shape index (κ1) is 9.79. The zero-order valence-electron chi connectivity index (χ0n) is 6.80. The van der Waals surface area contributed by atoms with E-state index in [4.69, 9.17) is 5.73 Å². The zero-order chi connectivity index (χ0) is 9.84. The predicted molar refractivity (Wildman–Crippen MR) is 53.4 cm³/mol. The number of carbonyl (C=O) groups is 1. The van der Waals surface area contributed by atoms with Gasteiger partial charge in [-0.2, -0.15) is 5.10 Å². The monoisotopic (exact) mass is 244 g/mol. The van der Waals surface area contributed by atoms with Gasteiger partial charge >= 0.3 is 0 Å². The second-order valence-electron chi connectivity index (χ2n) is 2.41. The Kier molecular flexibility index (Phi) is 3.07. The van der Waals surface area contributed by atoms with Gasteiger partial charge < -0.3 is 11.1 Å². The smallest absolute Gasteiger partial charge is 0.269 e. The SMILES string of the molecule is C=C(Br)CNC(=O)c1cc(N)n[nH]1. The molecular formula is C7H9BrN4O. The van der Waals surface area contributed by atoms with Crippen molar-refractivity contribution in [2.45, 2.75) is 0 Å². The molecule has 0 aliphatic heterocycles. The summed E-state index contributed by atoms with van der Waals surface area (Å²) in [5.74, 6) is 0.0348. The summed E-state index contributed by atoms with van der Waals surface area (Å²) in [4.78, 5) is 11.3. The van der Waals surface area contributed by atoms with Crippen molar-refractivity contribution in [3.63, 3.8) is 0 Å². The Morgan fingerprint density at radius 3 is 3.00 bits per heavy atom. The maximum atomic E-state index is 11.3. The fourth-order valence-corrected chi connectivity index (χ4v) is 0.865. The van der Waals surface area contributed by atoms with Crippen LogP contribution in [0.1, 0.15) is 10.5 Å². The van der Waals surface area contributed by atoms with E-state index in [1.165, 1.54) is 6.07 Å². The Morgan fingerprint density at radius 2 is 2.54 bits per heavy atom. The molecule has 0 atom stereocenters. The molecule has 5 nitrogen and oxygen atoms in total. The van der Waals surface area contributed by atoms with Crippen molar-refractivity contribution in [2.75, 3.05) is 12.3 Å². The van der Waals surface area contributed by atoms with Crippen molar-refractivity contribution in [1.29, 1.82) is 0 Å². The van der Waals surface area contributed by atoms with Crippen LogP contribution in [0.5, 0.6) is 0 Å². The molecule has 6 heteroatoms. The predicted octanol–water partition coefficient (Wildman–Crippen LogP) is 0.630. The van der Waals surface area contributed by atoms with E-state index in [-0.39, 0.29) is 5.91 Å². The van der Waals surface area contributed by atoms with Gasteiger partial charge in [0.1, 0.15) is 11.5 Å². The van der Waals surface area contributed by atoms with Gasteiger partial charge in [-0.1, -0.05) is 22.5 Å². The number of rotatable bonds is 3. The molecule has 0 unspecified atom stereocenters. The molecule has 0 aliphatic rings. The summed E-state index contributed by atoms with van der Waals surface area (Å²) >= 11 is 3.12. The van der Waals surface area contributed by atoms with Gasteiger partial charge in [-0.05, 0) is 0 Å². The largest absolute Gasteiger partial charge is 0.382 e. The first-order valence-electron chi connectivity index (χ1n) is 3.52. The van der Waals surface area contributed by atoms with E-state index in [9.17, 15) is 4.79 Å². The van der Waals surface area contributed by atoms with Gasteiger partial charge in [-0.3, -0.25) is 9.89 Å². The molecule has 70 valence electrons. The third-order valence-electron chi connectivity index (χ3n) is 1.28. The Labute approximate surface area is 83.5 Å². The van der Waals surface area contributed by atoms with Gasteiger partial charge in [0, 0.05) is 17.1 Å². The molecule has 0 fully saturated rings. The highest BCUT2D eigenvalue weighted by Gasteiger charge is 2.07. The minimum atomic E-state index is -0.259. The van der Waals surface area contributed by atoms with Crippen molar-refractivity contribution in [2.24, 2.45) is 0 Å². The van der Waals surface area contributed by atoms with Crippen LogP contribution >= 0.6 is 15.9 Å². The number of nitrogens with one attached hydrogen (secondary N) is 2. The van der Waals surface area contributed by atoms with Crippen LogP contribution < -0.4 is 11.1 Å². The van der Waals surface area contributed by atoms with Crippen molar-refractivity contribution >= 4 is 27.7 Å². The maximum absolute atomic E-state index is 11.3. The Balaban J connectivity index is 2.54. The number of anilines is 1.